The molecule has 0 bridgehead atoms. The van der Waals surface area contributed by atoms with Crippen LogP contribution in [0.25, 0.3) is 0 Å². The molecule has 0 unspecified atom stereocenters. The molecule has 4 nitrogen and oxygen atoms in total. The molecule has 0 aromatic rings. The predicted octanol–water partition coefficient (Wildman–Crippen LogP) is 2.32. The molecule has 0 aliphatic rings. The van der Waals surface area contributed by atoms with Gasteiger partial charge in [-0.25, -0.2) is 4.79 Å². The summed E-state index contributed by atoms with van der Waals surface area (Å²) >= 11 is 0. The number of hydrogen-bond donors (Lipinski definition) is 0. The summed E-state index contributed by atoms with van der Waals surface area (Å²) in [4.78, 5) is 13.1. The van der Waals surface area contributed by atoms with E-state index >= 15 is 0 Å². The van der Waals surface area contributed by atoms with Crippen molar-refractivity contribution in [2.45, 2.75) is 32.8 Å². The lowest BCUT2D eigenvalue weighted by molar-refractivity contribution is 0.0276. The van der Waals surface area contributed by atoms with E-state index in [2.05, 4.69) is 6.58 Å². The molecular weight excluding hydrogens is 192 g/mol. The van der Waals surface area contributed by atoms with Gasteiger partial charge < -0.3 is 9.64 Å². The van der Waals surface area contributed by atoms with E-state index in [4.69, 9.17) is 10.00 Å². The Hall–Kier alpha value is -1.50. The fraction of sp³-hybridized carbons (Fsp3) is 0.636. The molecule has 0 rings (SSSR count). The zero-order valence-electron chi connectivity index (χ0n) is 9.62. The standard InChI is InChI=1S/C11H18N2O2/c1-5-8-13(9-6-7-12)10(14)15-11(2,3)4/h5H,1,6,8-9H2,2-4H3. The van der Waals surface area contributed by atoms with Crippen LogP contribution in [0.3, 0.4) is 0 Å². The van der Waals surface area contributed by atoms with Gasteiger partial charge >= 0.3 is 6.09 Å². The Balaban J connectivity index is 4.29. The second-order valence-corrected chi connectivity index (χ2v) is 4.12. The van der Waals surface area contributed by atoms with Crippen LogP contribution in [-0.2, 0) is 4.74 Å². The first-order valence-corrected chi connectivity index (χ1v) is 4.86. The Bertz CT molecular complexity index is 261. The maximum atomic E-state index is 11.6. The van der Waals surface area contributed by atoms with Crippen molar-refractivity contribution >= 4 is 6.09 Å². The Morgan fingerprint density at radius 2 is 2.20 bits per heavy atom. The molecule has 0 saturated heterocycles. The van der Waals surface area contributed by atoms with Crippen LogP contribution in [0.1, 0.15) is 27.2 Å². The Labute approximate surface area is 91.1 Å². The summed E-state index contributed by atoms with van der Waals surface area (Å²) in [6.07, 6.45) is 1.51. The Morgan fingerprint density at radius 1 is 1.60 bits per heavy atom. The molecule has 0 spiro atoms. The summed E-state index contributed by atoms with van der Waals surface area (Å²) in [7, 11) is 0. The first-order chi connectivity index (χ1) is 6.90. The van der Waals surface area contributed by atoms with Gasteiger partial charge in [-0.3, -0.25) is 0 Å². The molecule has 1 amide bonds. The third-order valence-corrected chi connectivity index (χ3v) is 1.49. The maximum absolute atomic E-state index is 11.6. The molecule has 0 radical (unpaired) electrons. The number of hydrogen-bond acceptors (Lipinski definition) is 3. The summed E-state index contributed by atoms with van der Waals surface area (Å²) in [5, 5.41) is 8.44. The van der Waals surface area contributed by atoms with Crippen LogP contribution in [-0.4, -0.2) is 29.7 Å². The summed E-state index contributed by atoms with van der Waals surface area (Å²) in [6, 6.07) is 1.99. The second kappa shape index (κ2) is 6.07. The molecule has 0 aliphatic carbocycles. The van der Waals surface area contributed by atoms with E-state index in [0.717, 1.165) is 0 Å². The lowest BCUT2D eigenvalue weighted by atomic mass is 10.2. The molecule has 0 N–H and O–H groups in total. The van der Waals surface area contributed by atoms with Crippen molar-refractivity contribution in [2.24, 2.45) is 0 Å². The van der Waals surface area contributed by atoms with Gasteiger partial charge in [0.15, 0.2) is 0 Å². The van der Waals surface area contributed by atoms with Gasteiger partial charge in [0.25, 0.3) is 0 Å². The molecule has 0 aromatic carbocycles. The van der Waals surface area contributed by atoms with Crippen LogP contribution in [0.2, 0.25) is 0 Å². The van der Waals surface area contributed by atoms with E-state index in [1.807, 2.05) is 6.07 Å². The van der Waals surface area contributed by atoms with Crippen LogP contribution in [0.15, 0.2) is 12.7 Å². The third-order valence-electron chi connectivity index (χ3n) is 1.49. The molecule has 0 atom stereocenters. The summed E-state index contributed by atoms with van der Waals surface area (Å²) in [5.41, 5.74) is -0.511. The number of ether oxygens (including phenoxy) is 1. The fourth-order valence-electron chi connectivity index (χ4n) is 0.924. The van der Waals surface area contributed by atoms with Gasteiger partial charge in [-0.1, -0.05) is 6.08 Å². The van der Waals surface area contributed by atoms with Gasteiger partial charge in [0.2, 0.25) is 0 Å². The van der Waals surface area contributed by atoms with E-state index < -0.39 is 11.7 Å². The lowest BCUT2D eigenvalue weighted by Gasteiger charge is -2.26. The van der Waals surface area contributed by atoms with Crippen molar-refractivity contribution < 1.29 is 9.53 Å². The number of amides is 1. The van der Waals surface area contributed by atoms with Crippen molar-refractivity contribution in [3.05, 3.63) is 12.7 Å². The molecule has 4 heteroatoms. The van der Waals surface area contributed by atoms with E-state index in [0.29, 0.717) is 19.5 Å². The van der Waals surface area contributed by atoms with Crippen LogP contribution in [0.4, 0.5) is 4.79 Å². The highest BCUT2D eigenvalue weighted by Crippen LogP contribution is 2.10. The highest BCUT2D eigenvalue weighted by Gasteiger charge is 2.20. The minimum Gasteiger partial charge on any atom is -0.444 e. The van der Waals surface area contributed by atoms with Crippen molar-refractivity contribution in [1.82, 2.24) is 4.90 Å². The average Bonchev–Trinajstić information content (AvgIpc) is 2.09. The molecular formula is C11H18N2O2. The Kier molecular flexibility index (Phi) is 5.46. The zero-order chi connectivity index (χ0) is 11.9. The summed E-state index contributed by atoms with van der Waals surface area (Å²) in [5.74, 6) is 0. The van der Waals surface area contributed by atoms with E-state index in [1.54, 1.807) is 26.8 Å². The minimum absolute atomic E-state index is 0.299. The number of carbonyl (C=O) groups excluding carboxylic acids is 1. The van der Waals surface area contributed by atoms with Crippen molar-refractivity contribution in [2.75, 3.05) is 13.1 Å². The first kappa shape index (κ1) is 13.5. The van der Waals surface area contributed by atoms with Gasteiger partial charge in [-0.2, -0.15) is 5.26 Å². The highest BCUT2D eigenvalue weighted by atomic mass is 16.6. The van der Waals surface area contributed by atoms with E-state index in [9.17, 15) is 4.79 Å². The molecule has 0 aliphatic heterocycles. The predicted molar refractivity (Wildman–Crippen MR) is 58.2 cm³/mol. The molecule has 15 heavy (non-hydrogen) atoms. The molecule has 0 fully saturated rings. The smallest absolute Gasteiger partial charge is 0.410 e. The monoisotopic (exact) mass is 210 g/mol. The topological polar surface area (TPSA) is 53.3 Å². The minimum atomic E-state index is -0.511. The van der Waals surface area contributed by atoms with Crippen LogP contribution in [0.5, 0.6) is 0 Å². The van der Waals surface area contributed by atoms with Crippen molar-refractivity contribution in [1.29, 1.82) is 5.26 Å². The van der Waals surface area contributed by atoms with Gasteiger partial charge in [0.05, 0.1) is 12.5 Å². The number of nitriles is 1. The van der Waals surface area contributed by atoms with E-state index in [-0.39, 0.29) is 0 Å². The quantitative estimate of drug-likeness (QED) is 0.669. The summed E-state index contributed by atoms with van der Waals surface area (Å²) < 4.78 is 5.18. The first-order valence-electron chi connectivity index (χ1n) is 4.86. The van der Waals surface area contributed by atoms with Crippen LogP contribution < -0.4 is 0 Å². The van der Waals surface area contributed by atoms with Crippen LogP contribution in [0, 0.1) is 11.3 Å². The van der Waals surface area contributed by atoms with Gasteiger partial charge in [-0.15, -0.1) is 6.58 Å². The zero-order valence-corrected chi connectivity index (χ0v) is 9.62. The second-order valence-electron chi connectivity index (χ2n) is 4.12. The Morgan fingerprint density at radius 3 is 2.60 bits per heavy atom. The molecule has 0 heterocycles. The van der Waals surface area contributed by atoms with Gasteiger partial charge in [0.1, 0.15) is 5.60 Å². The number of carbonyl (C=O) groups is 1. The van der Waals surface area contributed by atoms with Gasteiger partial charge in [0, 0.05) is 13.1 Å². The fourth-order valence-corrected chi connectivity index (χ4v) is 0.924. The maximum Gasteiger partial charge on any atom is 0.410 e. The third kappa shape index (κ3) is 6.55. The normalized spacial score (nSPS) is 10.3. The number of rotatable bonds is 4. The van der Waals surface area contributed by atoms with Crippen molar-refractivity contribution in [3.8, 4) is 6.07 Å². The van der Waals surface area contributed by atoms with Crippen molar-refractivity contribution in [3.63, 3.8) is 0 Å². The largest absolute Gasteiger partial charge is 0.444 e. The highest BCUT2D eigenvalue weighted by molar-refractivity contribution is 5.68. The van der Waals surface area contributed by atoms with Gasteiger partial charge in [-0.05, 0) is 20.8 Å². The molecule has 0 saturated carbocycles. The lowest BCUT2D eigenvalue weighted by Crippen LogP contribution is -2.37. The van der Waals surface area contributed by atoms with Crippen LogP contribution >= 0.6 is 0 Å². The van der Waals surface area contributed by atoms with E-state index in [1.165, 1.54) is 4.90 Å². The summed E-state index contributed by atoms with van der Waals surface area (Å²) in [6.45, 7) is 9.75. The molecule has 84 valence electrons. The SMILES string of the molecule is C=CCN(CCC#N)C(=O)OC(C)(C)C. The average molecular weight is 210 g/mol. The number of nitrogens with zero attached hydrogens (tertiary/aromatic N) is 2. The molecule has 0 aromatic heterocycles.